The van der Waals surface area contributed by atoms with Crippen LogP contribution in [-0.2, 0) is 15.1 Å². The van der Waals surface area contributed by atoms with Gasteiger partial charge in [-0.15, -0.1) is 0 Å². The van der Waals surface area contributed by atoms with Crippen molar-refractivity contribution < 1.29 is 33.3 Å². The van der Waals surface area contributed by atoms with Crippen LogP contribution in [0.2, 0.25) is 0 Å². The minimum absolute atomic E-state index is 0.0401. The molecule has 5 atom stereocenters. The predicted molar refractivity (Wildman–Crippen MR) is 143 cm³/mol. The molecule has 2 aromatic rings. The summed E-state index contributed by atoms with van der Waals surface area (Å²) in [7, 11) is 1.60. The highest BCUT2D eigenvalue weighted by Crippen LogP contribution is 2.46. The van der Waals surface area contributed by atoms with Crippen molar-refractivity contribution in [1.29, 1.82) is 0 Å². The third-order valence-electron chi connectivity index (χ3n) is 8.27. The Kier molecular flexibility index (Phi) is 9.59. The summed E-state index contributed by atoms with van der Waals surface area (Å²) in [6, 6.07) is 8.59. The molecule has 1 aliphatic heterocycles. The summed E-state index contributed by atoms with van der Waals surface area (Å²) < 4.78 is 41.3. The Bertz CT molecular complexity index is 1140. The maximum Gasteiger partial charge on any atom is 0.225 e. The number of methoxy groups -OCH3 is 1. The van der Waals surface area contributed by atoms with Crippen molar-refractivity contribution in [3.05, 3.63) is 59.2 Å². The first kappa shape index (κ1) is 29.4. The summed E-state index contributed by atoms with van der Waals surface area (Å²) in [5.41, 5.74) is 5.09. The summed E-state index contributed by atoms with van der Waals surface area (Å²) in [5, 5.41) is 22.5. The molecule has 1 unspecified atom stereocenters. The zero-order valence-corrected chi connectivity index (χ0v) is 22.7. The number of nitrogens with two attached hydrogens (primary N) is 1. The number of piperidine rings is 1. The molecule has 2 aliphatic rings. The Labute approximate surface area is 228 Å². The average Bonchev–Trinajstić information content (AvgIpc) is 3.26. The van der Waals surface area contributed by atoms with Crippen molar-refractivity contribution in [1.82, 2.24) is 4.90 Å². The number of hydrogen-bond acceptors (Lipinski definition) is 6. The molecular weight excluding hydrogens is 506 g/mol. The molecule has 0 radical (unpaired) electrons. The molecule has 214 valence electrons. The van der Waals surface area contributed by atoms with E-state index < -0.39 is 35.3 Å². The molecule has 0 aromatic heterocycles. The SMILES string of the molecule is COCCCC[C@](O)(c1cc(F)cc(F)c1Oc1ccccc1C)C1CCCN(C(=O)[C@H]2C[C@@H](N)[C@@H](O)C2)C1. The fraction of sp³-hybridized carbons (Fsp3) is 0.567. The monoisotopic (exact) mass is 546 g/mol. The summed E-state index contributed by atoms with van der Waals surface area (Å²) >= 11 is 0. The summed E-state index contributed by atoms with van der Waals surface area (Å²) in [5.74, 6) is -2.49. The van der Waals surface area contributed by atoms with Gasteiger partial charge in [0.15, 0.2) is 11.6 Å². The number of nitrogens with zero attached hydrogens (tertiary/aromatic N) is 1. The van der Waals surface area contributed by atoms with Crippen LogP contribution in [0.3, 0.4) is 0 Å². The number of rotatable bonds is 10. The largest absolute Gasteiger partial charge is 0.454 e. The topological polar surface area (TPSA) is 105 Å². The summed E-state index contributed by atoms with van der Waals surface area (Å²) in [6.45, 7) is 3.05. The van der Waals surface area contributed by atoms with Crippen molar-refractivity contribution in [3.8, 4) is 11.5 Å². The number of benzene rings is 2. The van der Waals surface area contributed by atoms with Gasteiger partial charge in [-0.05, 0) is 69.6 Å². The second-order valence-electron chi connectivity index (χ2n) is 11.0. The molecule has 1 aliphatic carbocycles. The van der Waals surface area contributed by atoms with Gasteiger partial charge in [-0.2, -0.15) is 0 Å². The van der Waals surface area contributed by atoms with Gasteiger partial charge in [0.25, 0.3) is 0 Å². The number of halogens is 2. The highest BCUT2D eigenvalue weighted by molar-refractivity contribution is 5.79. The lowest BCUT2D eigenvalue weighted by Crippen LogP contribution is -2.49. The van der Waals surface area contributed by atoms with Gasteiger partial charge in [-0.25, -0.2) is 8.78 Å². The molecule has 1 amide bonds. The molecule has 4 N–H and O–H groups in total. The number of carbonyl (C=O) groups is 1. The lowest BCUT2D eigenvalue weighted by molar-refractivity contribution is -0.141. The minimum atomic E-state index is -1.67. The highest BCUT2D eigenvalue weighted by Gasteiger charge is 2.45. The van der Waals surface area contributed by atoms with E-state index in [0.29, 0.717) is 57.4 Å². The number of aryl methyl sites for hydroxylation is 1. The maximum absolute atomic E-state index is 15.4. The molecule has 1 saturated heterocycles. The lowest BCUT2D eigenvalue weighted by atomic mass is 9.73. The van der Waals surface area contributed by atoms with E-state index in [1.54, 1.807) is 24.1 Å². The molecule has 7 nitrogen and oxygen atoms in total. The number of aliphatic hydroxyl groups excluding tert-OH is 1. The number of hydrogen-bond donors (Lipinski definition) is 3. The van der Waals surface area contributed by atoms with Crippen LogP contribution in [0, 0.1) is 30.4 Å². The van der Waals surface area contributed by atoms with Gasteiger partial charge in [-0.1, -0.05) is 18.2 Å². The van der Waals surface area contributed by atoms with E-state index in [1.807, 2.05) is 19.1 Å². The number of ether oxygens (including phenoxy) is 2. The standard InChI is InChI=1S/C30H40F2N2O5/c1-19-8-3-4-10-27(19)39-28-23(16-22(31)17-24(28)32)30(37,11-5-6-13-38-2)21-9-7-12-34(18-21)29(36)20-14-25(33)26(35)15-20/h3-4,8,10,16-17,20-21,25-26,35,37H,5-7,9,11-15,18,33H2,1-2H3/t20-,21?,25+,26-,30+/m0/s1. The smallest absolute Gasteiger partial charge is 0.225 e. The third kappa shape index (κ3) is 6.60. The molecule has 0 spiro atoms. The second-order valence-corrected chi connectivity index (χ2v) is 11.0. The molecular formula is C30H40F2N2O5. The van der Waals surface area contributed by atoms with E-state index >= 15 is 4.39 Å². The first-order valence-corrected chi connectivity index (χ1v) is 13.8. The quantitative estimate of drug-likeness (QED) is 0.382. The number of likely N-dealkylation sites (tertiary alicyclic amines) is 1. The molecule has 9 heteroatoms. The zero-order valence-electron chi connectivity index (χ0n) is 22.7. The number of unbranched alkanes of at least 4 members (excludes halogenated alkanes) is 1. The van der Waals surface area contributed by atoms with Crippen LogP contribution < -0.4 is 10.5 Å². The van der Waals surface area contributed by atoms with Gasteiger partial charge >= 0.3 is 0 Å². The number of para-hydroxylation sites is 1. The van der Waals surface area contributed by atoms with Crippen LogP contribution in [0.4, 0.5) is 8.78 Å². The molecule has 4 rings (SSSR count). The average molecular weight is 547 g/mol. The predicted octanol–water partition coefficient (Wildman–Crippen LogP) is 4.41. The minimum Gasteiger partial charge on any atom is -0.454 e. The van der Waals surface area contributed by atoms with Crippen molar-refractivity contribution >= 4 is 5.91 Å². The van der Waals surface area contributed by atoms with Gasteiger partial charge in [0.2, 0.25) is 5.91 Å². The lowest BCUT2D eigenvalue weighted by Gasteiger charge is -2.44. The Balaban J connectivity index is 1.69. The van der Waals surface area contributed by atoms with Gasteiger partial charge < -0.3 is 30.3 Å². The first-order valence-electron chi connectivity index (χ1n) is 13.8. The number of amides is 1. The van der Waals surface area contributed by atoms with E-state index in [1.165, 1.54) is 0 Å². The van der Waals surface area contributed by atoms with Crippen LogP contribution >= 0.6 is 0 Å². The highest BCUT2D eigenvalue weighted by atomic mass is 19.1. The van der Waals surface area contributed by atoms with E-state index in [4.69, 9.17) is 15.2 Å². The fourth-order valence-corrected chi connectivity index (χ4v) is 6.04. The van der Waals surface area contributed by atoms with Gasteiger partial charge in [0.05, 0.1) is 11.7 Å². The van der Waals surface area contributed by atoms with E-state index in [9.17, 15) is 19.4 Å². The van der Waals surface area contributed by atoms with Crippen LogP contribution in [0.1, 0.15) is 56.1 Å². The van der Waals surface area contributed by atoms with Crippen LogP contribution in [0.25, 0.3) is 0 Å². The fourth-order valence-electron chi connectivity index (χ4n) is 6.04. The first-order chi connectivity index (χ1) is 18.6. The molecule has 1 heterocycles. The van der Waals surface area contributed by atoms with E-state index in [-0.39, 0.29) is 36.1 Å². The molecule has 0 bridgehead atoms. The second kappa shape index (κ2) is 12.7. The van der Waals surface area contributed by atoms with Gasteiger partial charge in [0.1, 0.15) is 11.6 Å². The van der Waals surface area contributed by atoms with E-state index in [2.05, 4.69) is 0 Å². The van der Waals surface area contributed by atoms with Crippen LogP contribution in [-0.4, -0.2) is 60.0 Å². The Morgan fingerprint density at radius 1 is 1.21 bits per heavy atom. The summed E-state index contributed by atoms with van der Waals surface area (Å²) in [6.07, 6.45) is 2.61. The van der Waals surface area contributed by atoms with Crippen molar-refractivity contribution in [2.24, 2.45) is 17.6 Å². The molecule has 2 aromatic carbocycles. The molecule has 2 fully saturated rings. The van der Waals surface area contributed by atoms with Gasteiger partial charge in [0, 0.05) is 56.3 Å². The summed E-state index contributed by atoms with van der Waals surface area (Å²) in [4.78, 5) is 15.1. The van der Waals surface area contributed by atoms with E-state index in [0.717, 1.165) is 17.7 Å². The third-order valence-corrected chi connectivity index (χ3v) is 8.27. The van der Waals surface area contributed by atoms with Crippen molar-refractivity contribution in [2.75, 3.05) is 26.8 Å². The molecule has 39 heavy (non-hydrogen) atoms. The van der Waals surface area contributed by atoms with Crippen LogP contribution in [0.5, 0.6) is 11.5 Å². The maximum atomic E-state index is 15.4. The van der Waals surface area contributed by atoms with Crippen molar-refractivity contribution in [3.63, 3.8) is 0 Å². The van der Waals surface area contributed by atoms with Crippen LogP contribution in [0.15, 0.2) is 36.4 Å². The molecule has 1 saturated carbocycles. The Morgan fingerprint density at radius 2 is 1.97 bits per heavy atom. The number of aliphatic hydroxyl groups is 2. The normalized spacial score (nSPS) is 24.9. The Morgan fingerprint density at radius 3 is 2.67 bits per heavy atom. The zero-order chi connectivity index (χ0) is 28.2. The van der Waals surface area contributed by atoms with Gasteiger partial charge in [-0.3, -0.25) is 4.79 Å². The number of carbonyl (C=O) groups excluding carboxylic acids is 1. The Hall–Kier alpha value is -2.59. The van der Waals surface area contributed by atoms with Crippen molar-refractivity contribution in [2.45, 2.75) is 69.6 Å².